The SMILES string of the molecule is CCOC(=O)c1c(-c2ccc(Cl)cc2)csc1NC(=O)/C=C/c1ccccc1OC. The van der Waals surface area contributed by atoms with Crippen LogP contribution < -0.4 is 10.1 Å². The topological polar surface area (TPSA) is 64.6 Å². The van der Waals surface area contributed by atoms with E-state index in [1.54, 1.807) is 32.2 Å². The van der Waals surface area contributed by atoms with Crippen LogP contribution in [0.5, 0.6) is 5.75 Å². The standard InChI is InChI=1S/C23H20ClNO4S/c1-3-29-23(27)21-18(15-8-11-17(24)12-9-15)14-30-22(21)25-20(26)13-10-16-6-4-5-7-19(16)28-2/h4-14H,3H2,1-2H3,(H,25,26)/b13-10+. The largest absolute Gasteiger partial charge is 0.496 e. The maximum atomic E-state index is 12.6. The number of esters is 1. The van der Waals surface area contributed by atoms with E-state index >= 15 is 0 Å². The lowest BCUT2D eigenvalue weighted by Gasteiger charge is -2.08. The van der Waals surface area contributed by atoms with Crippen LogP contribution in [0.1, 0.15) is 22.8 Å². The van der Waals surface area contributed by atoms with Crippen molar-refractivity contribution < 1.29 is 19.1 Å². The number of thiophene rings is 1. The molecular formula is C23H20ClNO4S. The first-order valence-corrected chi connectivity index (χ1v) is 10.5. The summed E-state index contributed by atoms with van der Waals surface area (Å²) >= 11 is 7.23. The molecule has 0 aliphatic heterocycles. The second-order valence-electron chi connectivity index (χ2n) is 6.15. The molecule has 0 aliphatic carbocycles. The van der Waals surface area contributed by atoms with Gasteiger partial charge in [-0.2, -0.15) is 0 Å². The van der Waals surface area contributed by atoms with Gasteiger partial charge in [0.2, 0.25) is 5.91 Å². The van der Waals surface area contributed by atoms with E-state index < -0.39 is 5.97 Å². The highest BCUT2D eigenvalue weighted by atomic mass is 35.5. The van der Waals surface area contributed by atoms with Crippen molar-refractivity contribution in [2.24, 2.45) is 0 Å². The zero-order chi connectivity index (χ0) is 21.5. The predicted octanol–water partition coefficient (Wildman–Crippen LogP) is 5.91. The van der Waals surface area contributed by atoms with Crippen LogP contribution in [0.4, 0.5) is 5.00 Å². The summed E-state index contributed by atoms with van der Waals surface area (Å²) in [6, 6.07) is 14.5. The monoisotopic (exact) mass is 441 g/mol. The molecule has 5 nitrogen and oxygen atoms in total. The lowest BCUT2D eigenvalue weighted by molar-refractivity contribution is -0.111. The Kier molecular flexibility index (Phi) is 7.27. The van der Waals surface area contributed by atoms with Crippen LogP contribution in [0.3, 0.4) is 0 Å². The number of methoxy groups -OCH3 is 1. The minimum absolute atomic E-state index is 0.232. The van der Waals surface area contributed by atoms with E-state index in [4.69, 9.17) is 21.1 Å². The van der Waals surface area contributed by atoms with E-state index in [0.29, 0.717) is 26.9 Å². The van der Waals surface area contributed by atoms with Gasteiger partial charge in [0.05, 0.1) is 13.7 Å². The fourth-order valence-corrected chi connectivity index (χ4v) is 3.91. The molecule has 0 saturated carbocycles. The van der Waals surface area contributed by atoms with E-state index in [1.807, 2.05) is 41.8 Å². The van der Waals surface area contributed by atoms with Crippen LogP contribution in [0.15, 0.2) is 60.0 Å². The smallest absolute Gasteiger partial charge is 0.341 e. The zero-order valence-corrected chi connectivity index (χ0v) is 18.0. The third-order valence-corrected chi connectivity index (χ3v) is 5.36. The summed E-state index contributed by atoms with van der Waals surface area (Å²) in [6.07, 6.45) is 3.06. The molecule has 0 atom stereocenters. The van der Waals surface area contributed by atoms with E-state index in [1.165, 1.54) is 17.4 Å². The fourth-order valence-electron chi connectivity index (χ4n) is 2.82. The second-order valence-corrected chi connectivity index (χ2v) is 7.46. The molecule has 3 aromatic rings. The van der Waals surface area contributed by atoms with Crippen LogP contribution in [-0.4, -0.2) is 25.6 Å². The number of nitrogens with one attached hydrogen (secondary N) is 1. The van der Waals surface area contributed by atoms with E-state index in [-0.39, 0.29) is 12.5 Å². The lowest BCUT2D eigenvalue weighted by Crippen LogP contribution is -2.12. The predicted molar refractivity (Wildman–Crippen MR) is 121 cm³/mol. The number of hydrogen-bond donors (Lipinski definition) is 1. The van der Waals surface area contributed by atoms with Crippen LogP contribution in [-0.2, 0) is 9.53 Å². The molecule has 2 aromatic carbocycles. The Morgan fingerprint density at radius 1 is 1.13 bits per heavy atom. The average Bonchev–Trinajstić information content (AvgIpc) is 3.16. The number of anilines is 1. The normalized spacial score (nSPS) is 10.8. The van der Waals surface area contributed by atoms with Gasteiger partial charge >= 0.3 is 5.97 Å². The van der Waals surface area contributed by atoms with Gasteiger partial charge in [0, 0.05) is 27.6 Å². The molecular weight excluding hydrogens is 422 g/mol. The van der Waals surface area contributed by atoms with Crippen LogP contribution >= 0.6 is 22.9 Å². The highest BCUT2D eigenvalue weighted by Crippen LogP contribution is 2.36. The molecule has 0 unspecified atom stereocenters. The molecule has 7 heteroatoms. The number of amides is 1. The Labute approximate surface area is 183 Å². The Morgan fingerprint density at radius 2 is 1.87 bits per heavy atom. The minimum Gasteiger partial charge on any atom is -0.496 e. The van der Waals surface area contributed by atoms with Gasteiger partial charge in [-0.25, -0.2) is 4.79 Å². The molecule has 0 spiro atoms. The first kappa shape index (κ1) is 21.6. The summed E-state index contributed by atoms with van der Waals surface area (Å²) in [5.74, 6) is -0.196. The highest BCUT2D eigenvalue weighted by molar-refractivity contribution is 7.15. The summed E-state index contributed by atoms with van der Waals surface area (Å²) in [4.78, 5) is 25.1. The van der Waals surface area contributed by atoms with Crippen molar-refractivity contribution in [1.82, 2.24) is 0 Å². The number of benzene rings is 2. The summed E-state index contributed by atoms with van der Waals surface area (Å²) in [5, 5.41) is 5.62. The Bertz CT molecular complexity index is 1070. The van der Waals surface area contributed by atoms with Crippen molar-refractivity contribution in [1.29, 1.82) is 0 Å². The first-order valence-electron chi connectivity index (χ1n) is 9.20. The fraction of sp³-hybridized carbons (Fsp3) is 0.130. The van der Waals surface area contributed by atoms with E-state index in [9.17, 15) is 9.59 Å². The maximum absolute atomic E-state index is 12.6. The Hall–Kier alpha value is -3.09. The Morgan fingerprint density at radius 3 is 2.57 bits per heavy atom. The van der Waals surface area contributed by atoms with Crippen LogP contribution in [0, 0.1) is 0 Å². The van der Waals surface area contributed by atoms with Gasteiger partial charge in [-0.05, 0) is 36.8 Å². The third kappa shape index (κ3) is 5.09. The van der Waals surface area contributed by atoms with Crippen molar-refractivity contribution in [3.05, 3.63) is 76.1 Å². The van der Waals surface area contributed by atoms with Crippen LogP contribution in [0.25, 0.3) is 17.2 Å². The van der Waals surface area contributed by atoms with Gasteiger partial charge in [-0.3, -0.25) is 4.79 Å². The first-order chi connectivity index (χ1) is 14.5. The molecule has 1 amide bonds. The zero-order valence-electron chi connectivity index (χ0n) is 16.5. The molecule has 0 radical (unpaired) electrons. The van der Waals surface area contributed by atoms with Crippen LogP contribution in [0.2, 0.25) is 5.02 Å². The molecule has 1 aromatic heterocycles. The number of para-hydroxylation sites is 1. The molecule has 3 rings (SSSR count). The Balaban J connectivity index is 1.88. The maximum Gasteiger partial charge on any atom is 0.341 e. The van der Waals surface area contributed by atoms with E-state index in [2.05, 4.69) is 5.32 Å². The van der Waals surface area contributed by atoms with Gasteiger partial charge in [0.25, 0.3) is 0 Å². The number of ether oxygens (including phenoxy) is 2. The third-order valence-electron chi connectivity index (χ3n) is 4.22. The molecule has 0 aliphatic rings. The van der Waals surface area contributed by atoms with E-state index in [0.717, 1.165) is 11.1 Å². The summed E-state index contributed by atoms with van der Waals surface area (Å²) in [5.41, 5.74) is 2.58. The number of carbonyl (C=O) groups is 2. The second kappa shape index (κ2) is 10.1. The molecule has 1 N–H and O–H groups in total. The average molecular weight is 442 g/mol. The molecule has 0 bridgehead atoms. The van der Waals surface area contributed by atoms with Gasteiger partial charge in [0.15, 0.2) is 0 Å². The summed E-state index contributed by atoms with van der Waals surface area (Å²) in [6.45, 7) is 1.97. The van der Waals surface area contributed by atoms with Crippen molar-refractivity contribution in [2.45, 2.75) is 6.92 Å². The number of hydrogen-bond acceptors (Lipinski definition) is 5. The minimum atomic E-state index is -0.493. The van der Waals surface area contributed by atoms with Crippen molar-refractivity contribution in [2.75, 3.05) is 19.0 Å². The molecule has 1 heterocycles. The number of rotatable bonds is 7. The van der Waals surface area contributed by atoms with Crippen molar-refractivity contribution >= 4 is 45.9 Å². The molecule has 30 heavy (non-hydrogen) atoms. The quantitative estimate of drug-likeness (QED) is 0.366. The molecule has 0 fully saturated rings. The van der Waals surface area contributed by atoms with Gasteiger partial charge < -0.3 is 14.8 Å². The van der Waals surface area contributed by atoms with Gasteiger partial charge in [0.1, 0.15) is 16.3 Å². The summed E-state index contributed by atoms with van der Waals surface area (Å²) in [7, 11) is 1.57. The highest BCUT2D eigenvalue weighted by Gasteiger charge is 2.22. The lowest BCUT2D eigenvalue weighted by atomic mass is 10.0. The van der Waals surface area contributed by atoms with Crippen molar-refractivity contribution in [3.63, 3.8) is 0 Å². The van der Waals surface area contributed by atoms with Gasteiger partial charge in [-0.15, -0.1) is 11.3 Å². The summed E-state index contributed by atoms with van der Waals surface area (Å²) < 4.78 is 10.5. The molecule has 0 saturated heterocycles. The number of carbonyl (C=O) groups excluding carboxylic acids is 2. The molecule has 154 valence electrons. The number of halogens is 1. The van der Waals surface area contributed by atoms with Gasteiger partial charge in [-0.1, -0.05) is 41.9 Å². The van der Waals surface area contributed by atoms with Crippen molar-refractivity contribution in [3.8, 4) is 16.9 Å².